The molecule has 1 unspecified atom stereocenters. The van der Waals surface area contributed by atoms with Crippen molar-refractivity contribution in [3.63, 3.8) is 0 Å². The molecule has 0 aliphatic rings. The molecule has 0 spiro atoms. The first-order valence-electron chi connectivity index (χ1n) is 7.73. The smallest absolute Gasteiger partial charge is 0.244 e. The number of carbonyl (C=O) groups excluding carboxylic acids is 1. The number of rotatable bonds is 5. The lowest BCUT2D eigenvalue weighted by Gasteiger charge is -2.09. The number of amides is 1. The largest absolute Gasteiger partial charge is 0.497 e. The van der Waals surface area contributed by atoms with Crippen molar-refractivity contribution in [1.82, 2.24) is 15.3 Å². The maximum Gasteiger partial charge on any atom is 0.244 e. The molecule has 0 aliphatic heterocycles. The zero-order valence-corrected chi connectivity index (χ0v) is 13.6. The summed E-state index contributed by atoms with van der Waals surface area (Å²) in [6.45, 7) is 1.90. The number of fused-ring (bicyclic) bond motifs is 1. The third kappa shape index (κ3) is 3.63. The fraction of sp³-hybridized carbons (Fsp3) is 0.158. The monoisotopic (exact) mass is 321 g/mol. The van der Waals surface area contributed by atoms with E-state index in [1.165, 1.54) is 6.08 Å². The molecule has 3 aromatic rings. The maximum atomic E-state index is 12.1. The van der Waals surface area contributed by atoms with Crippen LogP contribution in [0.4, 0.5) is 0 Å². The van der Waals surface area contributed by atoms with Gasteiger partial charge >= 0.3 is 0 Å². The number of H-pyrrole nitrogens is 1. The van der Waals surface area contributed by atoms with E-state index in [0.29, 0.717) is 0 Å². The zero-order chi connectivity index (χ0) is 16.9. The van der Waals surface area contributed by atoms with Crippen molar-refractivity contribution in [2.45, 2.75) is 13.0 Å². The third-order valence-corrected chi connectivity index (χ3v) is 3.72. The van der Waals surface area contributed by atoms with Crippen molar-refractivity contribution >= 4 is 23.0 Å². The number of para-hydroxylation sites is 2. The average Bonchev–Trinajstić information content (AvgIpc) is 3.05. The second kappa shape index (κ2) is 7.00. The van der Waals surface area contributed by atoms with E-state index in [-0.39, 0.29) is 11.9 Å². The Balaban J connectivity index is 1.63. The number of imidazole rings is 1. The highest BCUT2D eigenvalue weighted by atomic mass is 16.5. The molecule has 0 saturated heterocycles. The molecule has 0 fully saturated rings. The fourth-order valence-electron chi connectivity index (χ4n) is 2.39. The summed E-state index contributed by atoms with van der Waals surface area (Å²) in [5, 5.41) is 2.91. The van der Waals surface area contributed by atoms with Crippen LogP contribution in [0.25, 0.3) is 17.1 Å². The summed E-state index contributed by atoms with van der Waals surface area (Å²) in [7, 11) is 1.62. The van der Waals surface area contributed by atoms with Crippen LogP contribution in [0.15, 0.2) is 54.6 Å². The number of nitrogens with zero attached hydrogens (tertiary/aromatic N) is 1. The maximum absolute atomic E-state index is 12.1. The van der Waals surface area contributed by atoms with Crippen LogP contribution in [0.2, 0.25) is 0 Å². The van der Waals surface area contributed by atoms with E-state index in [2.05, 4.69) is 15.3 Å². The van der Waals surface area contributed by atoms with Gasteiger partial charge in [0.2, 0.25) is 5.91 Å². The van der Waals surface area contributed by atoms with Gasteiger partial charge in [-0.1, -0.05) is 24.3 Å². The predicted molar refractivity (Wildman–Crippen MR) is 94.7 cm³/mol. The van der Waals surface area contributed by atoms with Crippen molar-refractivity contribution in [1.29, 1.82) is 0 Å². The highest BCUT2D eigenvalue weighted by molar-refractivity contribution is 5.92. The van der Waals surface area contributed by atoms with Crippen molar-refractivity contribution in [3.8, 4) is 5.75 Å². The lowest BCUT2D eigenvalue weighted by molar-refractivity contribution is -0.117. The summed E-state index contributed by atoms with van der Waals surface area (Å²) in [6, 6.07) is 15.1. The molecule has 122 valence electrons. The second-order valence-corrected chi connectivity index (χ2v) is 5.48. The first-order chi connectivity index (χ1) is 11.7. The molecule has 1 heterocycles. The molecule has 0 saturated carbocycles. The van der Waals surface area contributed by atoms with Crippen LogP contribution >= 0.6 is 0 Å². The van der Waals surface area contributed by atoms with Gasteiger partial charge in [0, 0.05) is 6.08 Å². The van der Waals surface area contributed by atoms with Gasteiger partial charge < -0.3 is 15.0 Å². The van der Waals surface area contributed by atoms with E-state index in [9.17, 15) is 4.79 Å². The minimum absolute atomic E-state index is 0.168. The lowest BCUT2D eigenvalue weighted by Crippen LogP contribution is -2.25. The molecule has 3 rings (SSSR count). The molecule has 1 amide bonds. The van der Waals surface area contributed by atoms with Gasteiger partial charge in [-0.2, -0.15) is 0 Å². The topological polar surface area (TPSA) is 67.0 Å². The molecular formula is C19H19N3O2. The number of benzene rings is 2. The summed E-state index contributed by atoms with van der Waals surface area (Å²) in [4.78, 5) is 19.8. The Bertz CT molecular complexity index is 833. The summed E-state index contributed by atoms with van der Waals surface area (Å²) in [6.07, 6.45) is 3.28. The molecule has 0 radical (unpaired) electrons. The van der Waals surface area contributed by atoms with Crippen LogP contribution in [0, 0.1) is 0 Å². The van der Waals surface area contributed by atoms with Crippen LogP contribution in [0.5, 0.6) is 5.75 Å². The number of hydrogen-bond acceptors (Lipinski definition) is 3. The Kier molecular flexibility index (Phi) is 4.61. The molecular weight excluding hydrogens is 302 g/mol. The molecule has 0 bridgehead atoms. The number of aromatic nitrogens is 2. The van der Waals surface area contributed by atoms with E-state index in [0.717, 1.165) is 28.2 Å². The van der Waals surface area contributed by atoms with Gasteiger partial charge in [-0.05, 0) is 42.8 Å². The van der Waals surface area contributed by atoms with Crippen LogP contribution < -0.4 is 10.1 Å². The summed E-state index contributed by atoms with van der Waals surface area (Å²) >= 11 is 0. The third-order valence-electron chi connectivity index (χ3n) is 3.72. The first kappa shape index (κ1) is 15.8. The molecule has 1 atom stereocenters. The Labute approximate surface area is 140 Å². The summed E-state index contributed by atoms with van der Waals surface area (Å²) in [5.41, 5.74) is 2.78. The Morgan fingerprint density at radius 1 is 1.21 bits per heavy atom. The molecule has 5 heteroatoms. The van der Waals surface area contributed by atoms with Crippen molar-refractivity contribution in [2.24, 2.45) is 0 Å². The van der Waals surface area contributed by atoms with Gasteiger partial charge in [0.15, 0.2) is 0 Å². The predicted octanol–water partition coefficient (Wildman–Crippen LogP) is 3.46. The highest BCUT2D eigenvalue weighted by Gasteiger charge is 2.11. The van der Waals surface area contributed by atoms with Gasteiger partial charge in [0.05, 0.1) is 24.2 Å². The van der Waals surface area contributed by atoms with Gasteiger partial charge in [0.25, 0.3) is 0 Å². The Morgan fingerprint density at radius 2 is 1.96 bits per heavy atom. The number of methoxy groups -OCH3 is 1. The minimum atomic E-state index is -0.203. The first-order valence-corrected chi connectivity index (χ1v) is 7.73. The quantitative estimate of drug-likeness (QED) is 0.707. The lowest BCUT2D eigenvalue weighted by atomic mass is 10.2. The molecule has 5 nitrogen and oxygen atoms in total. The number of carbonyl (C=O) groups is 1. The Hall–Kier alpha value is -3.08. The van der Waals surface area contributed by atoms with Crippen LogP contribution in [-0.4, -0.2) is 23.0 Å². The second-order valence-electron chi connectivity index (χ2n) is 5.48. The summed E-state index contributed by atoms with van der Waals surface area (Å²) < 4.78 is 5.11. The van der Waals surface area contributed by atoms with E-state index < -0.39 is 0 Å². The van der Waals surface area contributed by atoms with E-state index in [1.54, 1.807) is 13.2 Å². The fourth-order valence-corrected chi connectivity index (χ4v) is 2.39. The molecule has 2 N–H and O–H groups in total. The van der Waals surface area contributed by atoms with E-state index >= 15 is 0 Å². The van der Waals surface area contributed by atoms with Gasteiger partial charge in [-0.3, -0.25) is 4.79 Å². The van der Waals surface area contributed by atoms with E-state index in [4.69, 9.17) is 4.74 Å². The molecule has 0 aliphatic carbocycles. The zero-order valence-electron chi connectivity index (χ0n) is 13.6. The van der Waals surface area contributed by atoms with Gasteiger partial charge in [-0.25, -0.2) is 4.98 Å². The number of hydrogen-bond donors (Lipinski definition) is 2. The standard InChI is InChI=1S/C19H19N3O2/c1-13(19-21-16-5-3-4-6-17(16)22-19)20-18(23)12-9-14-7-10-15(24-2)11-8-14/h3-13H,1-2H3,(H,20,23)(H,21,22)/b12-9+. The minimum Gasteiger partial charge on any atom is -0.497 e. The van der Waals surface area contributed by atoms with E-state index in [1.807, 2.05) is 55.5 Å². The van der Waals surface area contributed by atoms with Crippen molar-refractivity contribution in [2.75, 3.05) is 7.11 Å². The molecule has 1 aromatic heterocycles. The normalized spacial score (nSPS) is 12.4. The molecule has 2 aromatic carbocycles. The number of nitrogens with one attached hydrogen (secondary N) is 2. The van der Waals surface area contributed by atoms with Gasteiger partial charge in [-0.15, -0.1) is 0 Å². The average molecular weight is 321 g/mol. The number of ether oxygens (including phenoxy) is 1. The van der Waals surface area contributed by atoms with Crippen LogP contribution in [0.1, 0.15) is 24.4 Å². The van der Waals surface area contributed by atoms with Crippen LogP contribution in [-0.2, 0) is 4.79 Å². The Morgan fingerprint density at radius 3 is 2.67 bits per heavy atom. The van der Waals surface area contributed by atoms with Crippen molar-refractivity contribution in [3.05, 3.63) is 66.0 Å². The highest BCUT2D eigenvalue weighted by Crippen LogP contribution is 2.16. The molecule has 24 heavy (non-hydrogen) atoms. The summed E-state index contributed by atoms with van der Waals surface area (Å²) in [5.74, 6) is 1.36. The number of aromatic amines is 1. The van der Waals surface area contributed by atoms with Crippen molar-refractivity contribution < 1.29 is 9.53 Å². The van der Waals surface area contributed by atoms with Gasteiger partial charge in [0.1, 0.15) is 11.6 Å². The van der Waals surface area contributed by atoms with Crippen LogP contribution in [0.3, 0.4) is 0 Å². The SMILES string of the molecule is COc1ccc(/C=C/C(=O)NC(C)c2nc3ccccc3[nH]2)cc1.